The topological polar surface area (TPSA) is 50.8 Å². The van der Waals surface area contributed by atoms with Crippen LogP contribution in [0, 0.1) is 0 Å². The van der Waals surface area contributed by atoms with Gasteiger partial charge in [-0.25, -0.2) is 0 Å². The highest BCUT2D eigenvalue weighted by atomic mass is 35.5. The number of rotatable bonds is 3. The molecule has 2 fully saturated rings. The van der Waals surface area contributed by atoms with Crippen molar-refractivity contribution in [3.8, 4) is 0 Å². The van der Waals surface area contributed by atoms with Gasteiger partial charge in [0.15, 0.2) is 0 Å². The number of amides is 1. The van der Waals surface area contributed by atoms with E-state index in [-0.39, 0.29) is 37.1 Å². The Morgan fingerprint density at radius 2 is 2.31 bits per heavy atom. The largest absolute Gasteiger partial charge is 0.375 e. The summed E-state index contributed by atoms with van der Waals surface area (Å²) in [4.78, 5) is 13.5. The molecule has 0 aromatic rings. The summed E-state index contributed by atoms with van der Waals surface area (Å²) >= 11 is 0. The van der Waals surface area contributed by atoms with E-state index in [2.05, 4.69) is 5.32 Å². The van der Waals surface area contributed by atoms with Crippen molar-refractivity contribution in [2.45, 2.75) is 19.1 Å². The van der Waals surface area contributed by atoms with Crippen molar-refractivity contribution in [3.63, 3.8) is 0 Å². The molecule has 1 atom stereocenters. The first-order chi connectivity index (χ1) is 7.25. The van der Waals surface area contributed by atoms with E-state index in [9.17, 15) is 4.79 Å². The Bertz CT molecular complexity index is 236. The lowest BCUT2D eigenvalue weighted by Crippen LogP contribution is -2.51. The van der Waals surface area contributed by atoms with Crippen LogP contribution in [-0.4, -0.2) is 62.4 Å². The van der Waals surface area contributed by atoms with E-state index in [1.54, 1.807) is 0 Å². The molecule has 2 aliphatic rings. The summed E-state index contributed by atoms with van der Waals surface area (Å²) in [6.07, 6.45) is 0.375. The maximum absolute atomic E-state index is 11.7. The first-order valence-electron chi connectivity index (χ1n) is 5.47. The van der Waals surface area contributed by atoms with Crippen molar-refractivity contribution >= 4 is 18.3 Å². The van der Waals surface area contributed by atoms with Crippen molar-refractivity contribution in [3.05, 3.63) is 0 Å². The third-order valence-corrected chi connectivity index (χ3v) is 2.78. The van der Waals surface area contributed by atoms with Gasteiger partial charge in [-0.3, -0.25) is 4.79 Å². The molecule has 6 heteroatoms. The van der Waals surface area contributed by atoms with Crippen LogP contribution in [0.25, 0.3) is 0 Å². The van der Waals surface area contributed by atoms with Gasteiger partial charge in [0.05, 0.1) is 18.8 Å². The Morgan fingerprint density at radius 3 is 2.88 bits per heavy atom. The van der Waals surface area contributed by atoms with E-state index in [1.165, 1.54) is 0 Å². The molecule has 2 aliphatic heterocycles. The SMILES string of the molecule is CC1CN(C(=O)COC2CNC2)CCO1.Cl. The highest BCUT2D eigenvalue weighted by Crippen LogP contribution is 2.06. The summed E-state index contributed by atoms with van der Waals surface area (Å²) in [7, 11) is 0. The van der Waals surface area contributed by atoms with E-state index < -0.39 is 0 Å². The van der Waals surface area contributed by atoms with Crippen LogP contribution in [0.1, 0.15) is 6.92 Å². The van der Waals surface area contributed by atoms with E-state index in [4.69, 9.17) is 9.47 Å². The molecular formula is C10H19ClN2O3. The van der Waals surface area contributed by atoms with Gasteiger partial charge in [0, 0.05) is 26.2 Å². The summed E-state index contributed by atoms with van der Waals surface area (Å²) in [6, 6.07) is 0. The molecular weight excluding hydrogens is 232 g/mol. The van der Waals surface area contributed by atoms with Crippen molar-refractivity contribution in [1.29, 1.82) is 0 Å². The van der Waals surface area contributed by atoms with Gasteiger partial charge in [-0.05, 0) is 6.92 Å². The first-order valence-corrected chi connectivity index (χ1v) is 5.47. The lowest BCUT2D eigenvalue weighted by Gasteiger charge is -2.32. The number of hydrogen-bond donors (Lipinski definition) is 1. The van der Waals surface area contributed by atoms with Gasteiger partial charge in [-0.2, -0.15) is 0 Å². The smallest absolute Gasteiger partial charge is 0.248 e. The number of nitrogens with one attached hydrogen (secondary N) is 1. The lowest BCUT2D eigenvalue weighted by atomic mass is 10.2. The van der Waals surface area contributed by atoms with Crippen molar-refractivity contribution in [2.75, 3.05) is 39.4 Å². The molecule has 2 heterocycles. The van der Waals surface area contributed by atoms with E-state index in [0.29, 0.717) is 19.7 Å². The standard InChI is InChI=1S/C10H18N2O3.ClH/c1-8-6-12(2-3-14-8)10(13)7-15-9-4-11-5-9;/h8-9,11H,2-7H2,1H3;1H. The van der Waals surface area contributed by atoms with Gasteiger partial charge in [-0.1, -0.05) is 0 Å². The third kappa shape index (κ3) is 3.59. The maximum atomic E-state index is 11.7. The summed E-state index contributed by atoms with van der Waals surface area (Å²) < 4.78 is 10.8. The molecule has 1 unspecified atom stereocenters. The van der Waals surface area contributed by atoms with Crippen LogP contribution in [0.3, 0.4) is 0 Å². The number of hydrogen-bond acceptors (Lipinski definition) is 4. The van der Waals surface area contributed by atoms with Crippen LogP contribution in [0.15, 0.2) is 0 Å². The molecule has 16 heavy (non-hydrogen) atoms. The number of nitrogens with zero attached hydrogens (tertiary/aromatic N) is 1. The minimum Gasteiger partial charge on any atom is -0.375 e. The average molecular weight is 251 g/mol. The zero-order valence-corrected chi connectivity index (χ0v) is 10.3. The predicted octanol–water partition coefficient (Wildman–Crippen LogP) is -0.356. The van der Waals surface area contributed by atoms with Gasteiger partial charge in [0.25, 0.3) is 0 Å². The third-order valence-electron chi connectivity index (χ3n) is 2.78. The second-order valence-electron chi connectivity index (χ2n) is 4.11. The summed E-state index contributed by atoms with van der Waals surface area (Å²) in [5.41, 5.74) is 0. The van der Waals surface area contributed by atoms with E-state index >= 15 is 0 Å². The Kier molecular flexibility index (Phi) is 5.48. The Balaban J connectivity index is 0.00000128. The van der Waals surface area contributed by atoms with Crippen LogP contribution < -0.4 is 5.32 Å². The van der Waals surface area contributed by atoms with Gasteiger partial charge in [0.2, 0.25) is 5.91 Å². The Hall–Kier alpha value is -0.360. The molecule has 0 aromatic carbocycles. The molecule has 5 nitrogen and oxygen atoms in total. The fraction of sp³-hybridized carbons (Fsp3) is 0.900. The summed E-state index contributed by atoms with van der Waals surface area (Å²) in [5, 5.41) is 3.10. The normalized spacial score (nSPS) is 25.8. The predicted molar refractivity (Wildman–Crippen MR) is 61.9 cm³/mol. The minimum atomic E-state index is 0. The molecule has 0 radical (unpaired) electrons. The second-order valence-corrected chi connectivity index (χ2v) is 4.11. The number of ether oxygens (including phenoxy) is 2. The minimum absolute atomic E-state index is 0. The van der Waals surface area contributed by atoms with Gasteiger partial charge in [0.1, 0.15) is 6.61 Å². The summed E-state index contributed by atoms with van der Waals surface area (Å²) in [5.74, 6) is 0.0806. The second kappa shape index (κ2) is 6.39. The number of carbonyl (C=O) groups excluding carboxylic acids is 1. The molecule has 0 aliphatic carbocycles. The number of halogens is 1. The molecule has 0 bridgehead atoms. The zero-order valence-electron chi connectivity index (χ0n) is 9.48. The average Bonchev–Trinajstić information content (AvgIpc) is 2.15. The van der Waals surface area contributed by atoms with Gasteiger partial charge < -0.3 is 19.7 Å². The van der Waals surface area contributed by atoms with Crippen LogP contribution in [-0.2, 0) is 14.3 Å². The number of morpholine rings is 1. The maximum Gasteiger partial charge on any atom is 0.248 e. The monoisotopic (exact) mass is 250 g/mol. The molecule has 2 rings (SSSR count). The van der Waals surface area contributed by atoms with Crippen molar-refractivity contribution in [1.82, 2.24) is 10.2 Å². The molecule has 1 amide bonds. The Morgan fingerprint density at radius 1 is 1.56 bits per heavy atom. The van der Waals surface area contributed by atoms with Crippen LogP contribution in [0.4, 0.5) is 0 Å². The molecule has 0 aromatic heterocycles. The zero-order chi connectivity index (χ0) is 10.7. The highest BCUT2D eigenvalue weighted by molar-refractivity contribution is 5.85. The molecule has 0 spiro atoms. The van der Waals surface area contributed by atoms with Crippen LogP contribution in [0.5, 0.6) is 0 Å². The highest BCUT2D eigenvalue weighted by Gasteiger charge is 2.23. The van der Waals surface area contributed by atoms with E-state index in [0.717, 1.165) is 13.1 Å². The molecule has 94 valence electrons. The van der Waals surface area contributed by atoms with Crippen molar-refractivity contribution in [2.24, 2.45) is 0 Å². The summed E-state index contributed by atoms with van der Waals surface area (Å²) in [6.45, 7) is 5.94. The van der Waals surface area contributed by atoms with E-state index in [1.807, 2.05) is 11.8 Å². The van der Waals surface area contributed by atoms with Crippen molar-refractivity contribution < 1.29 is 14.3 Å². The first kappa shape index (κ1) is 13.7. The quantitative estimate of drug-likeness (QED) is 0.744. The fourth-order valence-electron chi connectivity index (χ4n) is 1.71. The van der Waals surface area contributed by atoms with Crippen LogP contribution in [0.2, 0.25) is 0 Å². The lowest BCUT2D eigenvalue weighted by molar-refractivity contribution is -0.145. The molecule has 0 saturated carbocycles. The van der Waals surface area contributed by atoms with Gasteiger partial charge >= 0.3 is 0 Å². The Labute approximate surface area is 102 Å². The molecule has 1 N–H and O–H groups in total. The molecule has 2 saturated heterocycles. The van der Waals surface area contributed by atoms with Gasteiger partial charge in [-0.15, -0.1) is 12.4 Å². The van der Waals surface area contributed by atoms with Crippen LogP contribution >= 0.6 is 12.4 Å². The number of carbonyl (C=O) groups is 1. The fourth-order valence-corrected chi connectivity index (χ4v) is 1.71.